The minimum Gasteiger partial charge on any atom is -0.374 e. The largest absolute Gasteiger partial charge is 0.374 e. The zero-order valence-corrected chi connectivity index (χ0v) is 8.74. The van der Waals surface area contributed by atoms with Crippen molar-refractivity contribution in [3.8, 4) is 0 Å². The first-order valence-corrected chi connectivity index (χ1v) is 5.93. The first-order chi connectivity index (χ1) is 6.83. The fraction of sp³-hybridized carbons (Fsp3) is 0.917. The Bertz CT molecular complexity index is 245. The van der Waals surface area contributed by atoms with E-state index in [2.05, 4.69) is 0 Å². The fourth-order valence-corrected chi connectivity index (χ4v) is 4.05. The lowest BCUT2D eigenvalue weighted by atomic mass is 10.0. The van der Waals surface area contributed by atoms with Gasteiger partial charge in [0.1, 0.15) is 6.61 Å². The maximum absolute atomic E-state index is 11.8. The monoisotopic (exact) mass is 194 g/mol. The molecular weight excluding hydrogens is 176 g/mol. The van der Waals surface area contributed by atoms with Crippen LogP contribution in [0.1, 0.15) is 26.2 Å². The van der Waals surface area contributed by atoms with Gasteiger partial charge in [0.2, 0.25) is 0 Å². The number of ketones is 1. The molecule has 2 bridgehead atoms. The Morgan fingerprint density at radius 2 is 1.93 bits per heavy atom. The van der Waals surface area contributed by atoms with Gasteiger partial charge in [-0.25, -0.2) is 0 Å². The zero-order valence-electron chi connectivity index (χ0n) is 8.74. The predicted molar refractivity (Wildman–Crippen MR) is 52.8 cm³/mol. The number of carbonyl (C=O) groups excluding carboxylic acids is 1. The van der Waals surface area contributed by atoms with Crippen molar-refractivity contribution >= 4 is 5.78 Å². The van der Waals surface area contributed by atoms with Crippen LogP contribution in [0.5, 0.6) is 0 Å². The van der Waals surface area contributed by atoms with Gasteiger partial charge in [-0.3, -0.25) is 4.79 Å². The lowest BCUT2D eigenvalue weighted by Gasteiger charge is -2.07. The average molecular weight is 194 g/mol. The average Bonchev–Trinajstić information content (AvgIpc) is 2.64. The summed E-state index contributed by atoms with van der Waals surface area (Å²) < 4.78 is 5.20. The molecule has 3 fully saturated rings. The van der Waals surface area contributed by atoms with Crippen molar-refractivity contribution in [3.63, 3.8) is 0 Å². The van der Waals surface area contributed by atoms with Crippen molar-refractivity contribution in [1.82, 2.24) is 0 Å². The summed E-state index contributed by atoms with van der Waals surface area (Å²) in [6, 6.07) is 0. The second kappa shape index (κ2) is 3.06. The maximum atomic E-state index is 11.8. The van der Waals surface area contributed by atoms with Gasteiger partial charge in [-0.05, 0) is 49.9 Å². The number of rotatable bonds is 4. The van der Waals surface area contributed by atoms with Crippen LogP contribution in [0.4, 0.5) is 0 Å². The number of hydrogen-bond acceptors (Lipinski definition) is 2. The highest BCUT2D eigenvalue weighted by atomic mass is 16.5. The Labute approximate surface area is 85.0 Å². The van der Waals surface area contributed by atoms with Crippen molar-refractivity contribution in [2.24, 2.45) is 29.6 Å². The van der Waals surface area contributed by atoms with E-state index in [0.717, 1.165) is 23.7 Å². The highest BCUT2D eigenvalue weighted by molar-refractivity contribution is 5.86. The van der Waals surface area contributed by atoms with Crippen molar-refractivity contribution in [1.29, 1.82) is 0 Å². The molecule has 2 heteroatoms. The second-order valence-corrected chi connectivity index (χ2v) is 5.12. The molecule has 3 aliphatic rings. The van der Waals surface area contributed by atoms with E-state index in [1.807, 2.05) is 6.92 Å². The van der Waals surface area contributed by atoms with E-state index in [1.165, 1.54) is 19.3 Å². The van der Waals surface area contributed by atoms with Gasteiger partial charge in [0, 0.05) is 12.5 Å². The Kier molecular flexibility index (Phi) is 1.94. The summed E-state index contributed by atoms with van der Waals surface area (Å²) in [5, 5.41) is 0. The molecule has 0 aromatic heterocycles. The van der Waals surface area contributed by atoms with Crippen molar-refractivity contribution in [3.05, 3.63) is 0 Å². The predicted octanol–water partition coefficient (Wildman–Crippen LogP) is 1.88. The SMILES string of the molecule is CCOCC(=O)C1C2C3CCC(C3)C12. The lowest BCUT2D eigenvalue weighted by Crippen LogP contribution is -2.15. The van der Waals surface area contributed by atoms with Crippen molar-refractivity contribution in [2.45, 2.75) is 26.2 Å². The van der Waals surface area contributed by atoms with Crippen LogP contribution in [0, 0.1) is 29.6 Å². The summed E-state index contributed by atoms with van der Waals surface area (Å²) in [6.45, 7) is 2.99. The number of hydrogen-bond donors (Lipinski definition) is 0. The van der Waals surface area contributed by atoms with Gasteiger partial charge >= 0.3 is 0 Å². The quantitative estimate of drug-likeness (QED) is 0.683. The summed E-state index contributed by atoms with van der Waals surface area (Å²) in [5.74, 6) is 4.16. The van der Waals surface area contributed by atoms with Crippen LogP contribution in [0.25, 0.3) is 0 Å². The van der Waals surface area contributed by atoms with Crippen LogP contribution < -0.4 is 0 Å². The molecule has 0 saturated heterocycles. The third kappa shape index (κ3) is 1.10. The van der Waals surface area contributed by atoms with Gasteiger partial charge in [-0.1, -0.05) is 0 Å². The molecule has 0 aromatic rings. The molecule has 0 aromatic carbocycles. The number of carbonyl (C=O) groups is 1. The Hall–Kier alpha value is -0.370. The molecule has 3 aliphatic carbocycles. The Balaban J connectivity index is 1.60. The van der Waals surface area contributed by atoms with Gasteiger partial charge in [-0.2, -0.15) is 0 Å². The molecule has 0 amide bonds. The van der Waals surface area contributed by atoms with Crippen LogP contribution in [-0.2, 0) is 9.53 Å². The Morgan fingerprint density at radius 1 is 1.29 bits per heavy atom. The van der Waals surface area contributed by atoms with Gasteiger partial charge in [-0.15, -0.1) is 0 Å². The molecule has 2 nitrogen and oxygen atoms in total. The van der Waals surface area contributed by atoms with Gasteiger partial charge < -0.3 is 4.74 Å². The van der Waals surface area contributed by atoms with Crippen molar-refractivity contribution in [2.75, 3.05) is 13.2 Å². The molecule has 4 unspecified atom stereocenters. The molecule has 3 saturated carbocycles. The first-order valence-electron chi connectivity index (χ1n) is 5.93. The van der Waals surface area contributed by atoms with E-state index in [-0.39, 0.29) is 0 Å². The standard InChI is InChI=1S/C12H18O2/c1-2-14-6-9(13)12-10-7-3-4-8(5-7)11(10)12/h7-8,10-12H,2-6H2,1H3. The fourth-order valence-electron chi connectivity index (χ4n) is 4.05. The van der Waals surface area contributed by atoms with E-state index in [9.17, 15) is 4.79 Å². The lowest BCUT2D eigenvalue weighted by molar-refractivity contribution is -0.125. The molecular formula is C12H18O2. The van der Waals surface area contributed by atoms with Gasteiger partial charge in [0.25, 0.3) is 0 Å². The third-order valence-electron chi connectivity index (χ3n) is 4.56. The molecule has 0 heterocycles. The minimum absolute atomic E-state index is 0.369. The van der Waals surface area contributed by atoms with Crippen molar-refractivity contribution < 1.29 is 9.53 Å². The summed E-state index contributed by atoms with van der Waals surface area (Å²) >= 11 is 0. The Morgan fingerprint density at radius 3 is 2.50 bits per heavy atom. The summed E-state index contributed by atoms with van der Waals surface area (Å²) in [5.41, 5.74) is 0. The highest BCUT2D eigenvalue weighted by Gasteiger charge is 2.66. The van der Waals surface area contributed by atoms with Crippen LogP contribution in [-0.4, -0.2) is 19.0 Å². The number of ether oxygens (including phenoxy) is 1. The van der Waals surface area contributed by atoms with E-state index >= 15 is 0 Å². The van der Waals surface area contributed by atoms with E-state index in [1.54, 1.807) is 0 Å². The molecule has 78 valence electrons. The molecule has 14 heavy (non-hydrogen) atoms. The summed E-state index contributed by atoms with van der Waals surface area (Å²) in [7, 11) is 0. The first kappa shape index (κ1) is 8.90. The second-order valence-electron chi connectivity index (χ2n) is 5.12. The molecule has 0 spiro atoms. The van der Waals surface area contributed by atoms with E-state index in [4.69, 9.17) is 4.74 Å². The normalized spacial score (nSPS) is 47.9. The van der Waals surface area contributed by atoms with Gasteiger partial charge in [0.05, 0.1) is 0 Å². The number of fused-ring (bicyclic) bond motifs is 5. The van der Waals surface area contributed by atoms with Crippen LogP contribution in [0.15, 0.2) is 0 Å². The van der Waals surface area contributed by atoms with Crippen LogP contribution in [0.3, 0.4) is 0 Å². The molecule has 4 atom stereocenters. The molecule has 0 aliphatic heterocycles. The topological polar surface area (TPSA) is 26.3 Å². The van der Waals surface area contributed by atoms with E-state index in [0.29, 0.717) is 24.9 Å². The van der Waals surface area contributed by atoms with Crippen LogP contribution in [0.2, 0.25) is 0 Å². The smallest absolute Gasteiger partial charge is 0.162 e. The minimum atomic E-state index is 0.369. The zero-order chi connectivity index (χ0) is 9.71. The maximum Gasteiger partial charge on any atom is 0.162 e. The molecule has 0 radical (unpaired) electrons. The molecule has 3 rings (SSSR count). The van der Waals surface area contributed by atoms with Gasteiger partial charge in [0.15, 0.2) is 5.78 Å². The van der Waals surface area contributed by atoms with E-state index < -0.39 is 0 Å². The number of Topliss-reactive ketones (excluding diaryl/α,β-unsaturated/α-hetero) is 1. The van der Waals surface area contributed by atoms with Crippen LogP contribution >= 0.6 is 0 Å². The summed E-state index contributed by atoms with van der Waals surface area (Å²) in [6.07, 6.45) is 4.21. The highest BCUT2D eigenvalue weighted by Crippen LogP contribution is 2.69. The third-order valence-corrected chi connectivity index (χ3v) is 4.56. The summed E-state index contributed by atoms with van der Waals surface area (Å²) in [4.78, 5) is 11.8. The molecule has 0 N–H and O–H groups in total.